The highest BCUT2D eigenvalue weighted by atomic mass is 16.1. The van der Waals surface area contributed by atoms with Crippen LogP contribution < -0.4 is 5.32 Å². The maximum Gasteiger partial charge on any atom is 0.263 e. The summed E-state index contributed by atoms with van der Waals surface area (Å²) in [6.07, 6.45) is 1.63. The van der Waals surface area contributed by atoms with Gasteiger partial charge in [-0.25, -0.2) is 0 Å². The number of benzene rings is 2. The fourth-order valence-electron chi connectivity index (χ4n) is 2.26. The van der Waals surface area contributed by atoms with Crippen molar-refractivity contribution in [3.8, 4) is 6.07 Å². The van der Waals surface area contributed by atoms with Crippen LogP contribution in [0.15, 0.2) is 72.4 Å². The Balaban J connectivity index is 2.00. The van der Waals surface area contributed by atoms with Gasteiger partial charge in [0.2, 0.25) is 0 Å². The van der Waals surface area contributed by atoms with Crippen LogP contribution in [-0.2, 0) is 17.9 Å². The maximum atomic E-state index is 12.2. The minimum absolute atomic E-state index is 0.115. The average Bonchev–Trinajstić information content (AvgIpc) is 2.64. The van der Waals surface area contributed by atoms with E-state index in [0.717, 1.165) is 11.1 Å². The number of hydrogen-bond donors (Lipinski definition) is 1. The van der Waals surface area contributed by atoms with Gasteiger partial charge in [-0.05, 0) is 18.1 Å². The third-order valence-electron chi connectivity index (χ3n) is 3.61. The Labute approximate surface area is 143 Å². The van der Waals surface area contributed by atoms with Crippen molar-refractivity contribution in [3.05, 3.63) is 83.6 Å². The van der Waals surface area contributed by atoms with Crippen molar-refractivity contribution in [2.45, 2.75) is 20.0 Å². The zero-order valence-electron chi connectivity index (χ0n) is 13.8. The second kappa shape index (κ2) is 9.16. The van der Waals surface area contributed by atoms with Gasteiger partial charge in [-0.1, -0.05) is 60.7 Å². The van der Waals surface area contributed by atoms with Gasteiger partial charge in [0.15, 0.2) is 0 Å². The van der Waals surface area contributed by atoms with E-state index >= 15 is 0 Å². The van der Waals surface area contributed by atoms with Crippen molar-refractivity contribution in [2.75, 3.05) is 6.54 Å². The summed E-state index contributed by atoms with van der Waals surface area (Å²) in [6, 6.07) is 21.6. The molecule has 0 fully saturated rings. The highest BCUT2D eigenvalue weighted by Gasteiger charge is 2.10. The van der Waals surface area contributed by atoms with Crippen LogP contribution in [0.3, 0.4) is 0 Å². The lowest BCUT2D eigenvalue weighted by molar-refractivity contribution is -0.117. The molecular weight excluding hydrogens is 298 g/mol. The van der Waals surface area contributed by atoms with Crippen molar-refractivity contribution < 1.29 is 4.79 Å². The van der Waals surface area contributed by atoms with Crippen molar-refractivity contribution in [1.82, 2.24) is 10.2 Å². The summed E-state index contributed by atoms with van der Waals surface area (Å²) in [5.74, 6) is -0.354. The molecule has 122 valence electrons. The molecule has 0 aromatic heterocycles. The molecule has 4 nitrogen and oxygen atoms in total. The molecule has 0 radical (unpaired) electrons. The molecule has 0 spiro atoms. The van der Waals surface area contributed by atoms with Crippen molar-refractivity contribution in [2.24, 2.45) is 0 Å². The van der Waals surface area contributed by atoms with Gasteiger partial charge in [-0.2, -0.15) is 5.26 Å². The monoisotopic (exact) mass is 319 g/mol. The molecule has 4 heteroatoms. The molecule has 0 unspecified atom stereocenters. The van der Waals surface area contributed by atoms with Gasteiger partial charge in [0.05, 0.1) is 0 Å². The molecule has 0 saturated heterocycles. The Morgan fingerprint density at radius 3 is 2.21 bits per heavy atom. The van der Waals surface area contributed by atoms with Gasteiger partial charge >= 0.3 is 0 Å². The first-order chi connectivity index (χ1) is 11.7. The predicted octanol–water partition coefficient (Wildman–Crippen LogP) is 3.23. The van der Waals surface area contributed by atoms with E-state index in [0.29, 0.717) is 19.6 Å². The standard InChI is InChI=1S/C20H21N3O/c1-2-23(15-18-11-7-4-8-12-18)16-19(13-21)20(24)22-14-17-9-5-3-6-10-17/h3-12,16H,2,14-15H2,1H3,(H,22,24)/b19-16-. The highest BCUT2D eigenvalue weighted by Crippen LogP contribution is 2.07. The number of carbonyl (C=O) groups is 1. The van der Waals surface area contributed by atoms with Gasteiger partial charge < -0.3 is 10.2 Å². The summed E-state index contributed by atoms with van der Waals surface area (Å²) < 4.78 is 0. The summed E-state index contributed by atoms with van der Waals surface area (Å²) in [7, 11) is 0. The Kier molecular flexibility index (Phi) is 6.60. The molecule has 1 N–H and O–H groups in total. The van der Waals surface area contributed by atoms with Crippen molar-refractivity contribution in [1.29, 1.82) is 5.26 Å². The van der Waals surface area contributed by atoms with E-state index in [2.05, 4.69) is 5.32 Å². The van der Waals surface area contributed by atoms with E-state index in [1.54, 1.807) is 6.20 Å². The van der Waals surface area contributed by atoms with Crippen LogP contribution in [0.25, 0.3) is 0 Å². The lowest BCUT2D eigenvalue weighted by atomic mass is 10.2. The van der Waals surface area contributed by atoms with Crippen LogP contribution in [0.4, 0.5) is 0 Å². The third-order valence-corrected chi connectivity index (χ3v) is 3.61. The zero-order chi connectivity index (χ0) is 17.2. The topological polar surface area (TPSA) is 56.1 Å². The lowest BCUT2D eigenvalue weighted by Gasteiger charge is -2.19. The second-order valence-electron chi connectivity index (χ2n) is 5.37. The second-order valence-corrected chi connectivity index (χ2v) is 5.37. The lowest BCUT2D eigenvalue weighted by Crippen LogP contribution is -2.26. The number of nitrogens with zero attached hydrogens (tertiary/aromatic N) is 2. The van der Waals surface area contributed by atoms with E-state index in [1.165, 1.54) is 0 Å². The molecule has 2 aromatic carbocycles. The normalized spacial score (nSPS) is 10.8. The molecule has 0 bridgehead atoms. The number of carbonyl (C=O) groups excluding carboxylic acids is 1. The first kappa shape index (κ1) is 17.3. The Bertz CT molecular complexity index is 718. The number of amides is 1. The van der Waals surface area contributed by atoms with E-state index in [1.807, 2.05) is 78.6 Å². The van der Waals surface area contributed by atoms with E-state index in [-0.39, 0.29) is 11.5 Å². The van der Waals surface area contributed by atoms with Crippen molar-refractivity contribution >= 4 is 5.91 Å². The van der Waals surface area contributed by atoms with E-state index < -0.39 is 0 Å². The van der Waals surface area contributed by atoms with Crippen LogP contribution in [0.1, 0.15) is 18.1 Å². The van der Waals surface area contributed by atoms with Crippen LogP contribution in [0, 0.1) is 11.3 Å². The highest BCUT2D eigenvalue weighted by molar-refractivity contribution is 5.97. The van der Waals surface area contributed by atoms with Crippen LogP contribution in [0.5, 0.6) is 0 Å². The molecule has 0 atom stereocenters. The largest absolute Gasteiger partial charge is 0.372 e. The van der Waals surface area contributed by atoms with Crippen LogP contribution >= 0.6 is 0 Å². The number of nitrogens with one attached hydrogen (secondary N) is 1. The average molecular weight is 319 g/mol. The molecule has 24 heavy (non-hydrogen) atoms. The molecular formula is C20H21N3O. The van der Waals surface area contributed by atoms with Crippen LogP contribution in [0.2, 0.25) is 0 Å². The molecule has 0 aliphatic heterocycles. The quantitative estimate of drug-likeness (QED) is 0.629. The molecule has 0 aliphatic carbocycles. The minimum atomic E-state index is -0.354. The number of rotatable bonds is 7. The SMILES string of the molecule is CCN(/C=C(/C#N)C(=O)NCc1ccccc1)Cc1ccccc1. The summed E-state index contributed by atoms with van der Waals surface area (Å²) in [5.41, 5.74) is 2.25. The number of nitriles is 1. The van der Waals surface area contributed by atoms with Gasteiger partial charge in [0, 0.05) is 25.8 Å². The van der Waals surface area contributed by atoms with Crippen LogP contribution in [-0.4, -0.2) is 17.4 Å². The Morgan fingerprint density at radius 2 is 1.67 bits per heavy atom. The molecule has 1 amide bonds. The predicted molar refractivity (Wildman–Crippen MR) is 94.5 cm³/mol. The smallest absolute Gasteiger partial charge is 0.263 e. The Morgan fingerprint density at radius 1 is 1.08 bits per heavy atom. The first-order valence-electron chi connectivity index (χ1n) is 7.95. The molecule has 0 aliphatic rings. The summed E-state index contributed by atoms with van der Waals surface area (Å²) in [4.78, 5) is 14.2. The fraction of sp³-hybridized carbons (Fsp3) is 0.200. The third kappa shape index (κ3) is 5.29. The maximum absolute atomic E-state index is 12.2. The molecule has 0 heterocycles. The molecule has 2 aromatic rings. The van der Waals surface area contributed by atoms with Gasteiger partial charge in [0.1, 0.15) is 11.6 Å². The summed E-state index contributed by atoms with van der Waals surface area (Å²) in [5, 5.41) is 12.1. The van der Waals surface area contributed by atoms with Gasteiger partial charge in [-0.15, -0.1) is 0 Å². The summed E-state index contributed by atoms with van der Waals surface area (Å²) in [6.45, 7) is 3.78. The van der Waals surface area contributed by atoms with E-state index in [9.17, 15) is 10.1 Å². The molecule has 0 saturated carbocycles. The molecule has 2 rings (SSSR count). The minimum Gasteiger partial charge on any atom is -0.372 e. The number of hydrogen-bond acceptors (Lipinski definition) is 3. The first-order valence-corrected chi connectivity index (χ1v) is 7.95. The summed E-state index contributed by atoms with van der Waals surface area (Å²) >= 11 is 0. The van der Waals surface area contributed by atoms with E-state index in [4.69, 9.17) is 0 Å². The van der Waals surface area contributed by atoms with Crippen molar-refractivity contribution in [3.63, 3.8) is 0 Å². The fourth-order valence-corrected chi connectivity index (χ4v) is 2.26. The van der Waals surface area contributed by atoms with Gasteiger partial charge in [0.25, 0.3) is 5.91 Å². The van der Waals surface area contributed by atoms with Gasteiger partial charge in [-0.3, -0.25) is 4.79 Å². The Hall–Kier alpha value is -3.06. The zero-order valence-corrected chi connectivity index (χ0v) is 13.8.